The van der Waals surface area contributed by atoms with Crippen molar-refractivity contribution in [2.45, 2.75) is 0 Å². The van der Waals surface area contributed by atoms with Crippen molar-refractivity contribution in [2.75, 3.05) is 51.4 Å². The van der Waals surface area contributed by atoms with E-state index in [9.17, 15) is 4.79 Å². The summed E-state index contributed by atoms with van der Waals surface area (Å²) in [6.45, 7) is 4.46. The number of hydrogen-bond acceptors (Lipinski definition) is 7. The maximum atomic E-state index is 12.5. The average Bonchev–Trinajstić information content (AvgIpc) is 3.30. The average molecular weight is 462 g/mol. The second-order valence-electron chi connectivity index (χ2n) is 7.80. The van der Waals surface area contributed by atoms with Gasteiger partial charge in [-0.3, -0.25) is 14.4 Å². The third kappa shape index (κ3) is 5.92. The Morgan fingerprint density at radius 2 is 1.97 bits per heavy atom. The molecule has 4 rings (SSSR count). The maximum Gasteiger partial charge on any atom is 0.262 e. The third-order valence-electron chi connectivity index (χ3n) is 5.50. The molecule has 0 unspecified atom stereocenters. The van der Waals surface area contributed by atoms with Crippen LogP contribution in [-0.2, 0) is 16.6 Å². The molecule has 1 N–H and O–H groups in total. The molecule has 0 saturated carbocycles. The zero-order chi connectivity index (χ0) is 23.8. The molecular formula is C25H27N5O4. The second-order valence-corrected chi connectivity index (χ2v) is 7.80. The summed E-state index contributed by atoms with van der Waals surface area (Å²) in [6.07, 6.45) is 1.72. The highest BCUT2D eigenvalue weighted by atomic mass is 16.5. The van der Waals surface area contributed by atoms with Gasteiger partial charge in [-0.1, -0.05) is 12.1 Å². The monoisotopic (exact) mass is 461 g/mol. The highest BCUT2D eigenvalue weighted by Gasteiger charge is 2.15. The van der Waals surface area contributed by atoms with Crippen LogP contribution in [0.3, 0.4) is 0 Å². The van der Waals surface area contributed by atoms with Gasteiger partial charge < -0.3 is 19.5 Å². The van der Waals surface area contributed by atoms with Gasteiger partial charge in [-0.25, -0.2) is 0 Å². The molecule has 34 heavy (non-hydrogen) atoms. The molecule has 1 fully saturated rings. The van der Waals surface area contributed by atoms with Crippen molar-refractivity contribution in [1.82, 2.24) is 14.7 Å². The maximum absolute atomic E-state index is 12.5. The highest BCUT2D eigenvalue weighted by Crippen LogP contribution is 2.32. The van der Waals surface area contributed by atoms with E-state index in [2.05, 4.69) is 21.4 Å². The number of carbonyl (C=O) groups excluding carboxylic acids is 1. The lowest BCUT2D eigenvalue weighted by atomic mass is 10.1. The molecule has 0 radical (unpaired) electrons. The van der Waals surface area contributed by atoms with Crippen LogP contribution in [0.2, 0.25) is 0 Å². The molecule has 0 spiro atoms. The van der Waals surface area contributed by atoms with E-state index >= 15 is 0 Å². The summed E-state index contributed by atoms with van der Waals surface area (Å²) in [5.41, 5.74) is 2.69. The molecule has 3 aromatic rings. The quantitative estimate of drug-likeness (QED) is 0.523. The van der Waals surface area contributed by atoms with Crippen LogP contribution in [0.1, 0.15) is 5.56 Å². The molecular weight excluding hydrogens is 434 g/mol. The van der Waals surface area contributed by atoms with E-state index in [4.69, 9.17) is 19.5 Å². The fourth-order valence-corrected chi connectivity index (χ4v) is 3.71. The molecule has 0 aliphatic carbocycles. The molecule has 0 bridgehead atoms. The van der Waals surface area contributed by atoms with Gasteiger partial charge in [0.2, 0.25) is 0 Å². The Labute approximate surface area is 198 Å². The number of ether oxygens (including phenoxy) is 3. The fourth-order valence-electron chi connectivity index (χ4n) is 3.71. The van der Waals surface area contributed by atoms with Crippen LogP contribution in [0.25, 0.3) is 11.3 Å². The number of morpholine rings is 1. The van der Waals surface area contributed by atoms with Crippen LogP contribution in [0.5, 0.6) is 11.5 Å². The first-order valence-corrected chi connectivity index (χ1v) is 11.1. The molecule has 1 aromatic heterocycles. The first-order valence-electron chi connectivity index (χ1n) is 11.1. The Morgan fingerprint density at radius 3 is 2.74 bits per heavy atom. The van der Waals surface area contributed by atoms with E-state index < -0.39 is 0 Å². The van der Waals surface area contributed by atoms with Crippen LogP contribution in [-0.4, -0.2) is 66.6 Å². The number of nitriles is 1. The number of para-hydroxylation sites is 1. The van der Waals surface area contributed by atoms with Gasteiger partial charge in [-0.05, 0) is 36.4 Å². The van der Waals surface area contributed by atoms with Crippen LogP contribution in [0.4, 0.5) is 5.69 Å². The zero-order valence-electron chi connectivity index (χ0n) is 19.1. The first-order chi connectivity index (χ1) is 16.6. The van der Waals surface area contributed by atoms with Gasteiger partial charge in [-0.2, -0.15) is 10.4 Å². The van der Waals surface area contributed by atoms with E-state index in [-0.39, 0.29) is 12.5 Å². The number of aromatic nitrogens is 2. The van der Waals surface area contributed by atoms with Gasteiger partial charge in [0, 0.05) is 44.1 Å². The lowest BCUT2D eigenvalue weighted by Gasteiger charge is -2.26. The van der Waals surface area contributed by atoms with Gasteiger partial charge in [0.15, 0.2) is 6.61 Å². The van der Waals surface area contributed by atoms with Crippen molar-refractivity contribution in [3.8, 4) is 28.8 Å². The Bertz CT molecular complexity index is 1160. The molecule has 9 nitrogen and oxygen atoms in total. The number of nitrogens with zero attached hydrogens (tertiary/aromatic N) is 4. The molecule has 1 aliphatic rings. The van der Waals surface area contributed by atoms with Crippen molar-refractivity contribution >= 4 is 11.6 Å². The van der Waals surface area contributed by atoms with Crippen molar-refractivity contribution in [2.24, 2.45) is 7.05 Å². The lowest BCUT2D eigenvalue weighted by molar-refractivity contribution is -0.118. The van der Waals surface area contributed by atoms with Crippen molar-refractivity contribution < 1.29 is 19.0 Å². The van der Waals surface area contributed by atoms with Gasteiger partial charge in [0.25, 0.3) is 5.91 Å². The number of hydrogen-bond donors (Lipinski definition) is 1. The normalized spacial score (nSPS) is 13.8. The summed E-state index contributed by atoms with van der Waals surface area (Å²) >= 11 is 0. The van der Waals surface area contributed by atoms with E-state index in [1.165, 1.54) is 0 Å². The highest BCUT2D eigenvalue weighted by molar-refractivity contribution is 5.93. The first kappa shape index (κ1) is 23.3. The molecule has 1 amide bonds. The standard InChI is InChI=1S/C25H27N5O4/c1-29-22(8-9-27-29)21-16-20(6-7-24(21)33-15-12-30-10-13-32-14-11-30)28-25(31)18-34-23-5-3-2-4-19(23)17-26/h2-9,16H,10-15,18H2,1H3,(H,28,31). The summed E-state index contributed by atoms with van der Waals surface area (Å²) < 4.78 is 18.8. The Hall–Kier alpha value is -3.87. The SMILES string of the molecule is Cn1nccc1-c1cc(NC(=O)COc2ccccc2C#N)ccc1OCCN1CCOCC1. The number of anilines is 1. The van der Waals surface area contributed by atoms with Crippen molar-refractivity contribution in [1.29, 1.82) is 5.26 Å². The summed E-state index contributed by atoms with van der Waals surface area (Å²) in [7, 11) is 1.86. The van der Waals surface area contributed by atoms with Gasteiger partial charge >= 0.3 is 0 Å². The lowest BCUT2D eigenvalue weighted by Crippen LogP contribution is -2.38. The zero-order valence-corrected chi connectivity index (χ0v) is 19.1. The fraction of sp³-hybridized carbons (Fsp3) is 0.320. The van der Waals surface area contributed by atoms with Gasteiger partial charge in [-0.15, -0.1) is 0 Å². The molecule has 2 heterocycles. The van der Waals surface area contributed by atoms with Crippen LogP contribution < -0.4 is 14.8 Å². The van der Waals surface area contributed by atoms with E-state index in [1.54, 1.807) is 41.2 Å². The number of nitrogens with one attached hydrogen (secondary N) is 1. The number of carbonyl (C=O) groups is 1. The number of amides is 1. The van der Waals surface area contributed by atoms with Crippen molar-refractivity contribution in [3.05, 3.63) is 60.3 Å². The molecule has 1 saturated heterocycles. The van der Waals surface area contributed by atoms with Crippen LogP contribution in [0.15, 0.2) is 54.7 Å². The minimum absolute atomic E-state index is 0.211. The second kappa shape index (κ2) is 11.3. The Morgan fingerprint density at radius 1 is 1.15 bits per heavy atom. The van der Waals surface area contributed by atoms with Gasteiger partial charge in [0.1, 0.15) is 24.2 Å². The van der Waals surface area contributed by atoms with Crippen LogP contribution >= 0.6 is 0 Å². The summed E-state index contributed by atoms with van der Waals surface area (Å²) in [5.74, 6) is 0.762. The van der Waals surface area contributed by atoms with Crippen molar-refractivity contribution in [3.63, 3.8) is 0 Å². The predicted octanol–water partition coefficient (Wildman–Crippen LogP) is 2.69. The Kier molecular flexibility index (Phi) is 7.75. The smallest absolute Gasteiger partial charge is 0.262 e. The largest absolute Gasteiger partial charge is 0.492 e. The Balaban J connectivity index is 1.43. The topological polar surface area (TPSA) is 102 Å². The molecule has 2 aromatic carbocycles. The van der Waals surface area contributed by atoms with Crippen LogP contribution in [0, 0.1) is 11.3 Å². The minimum atomic E-state index is -0.329. The summed E-state index contributed by atoms with van der Waals surface area (Å²) in [5, 5.41) is 16.3. The predicted molar refractivity (Wildman–Crippen MR) is 127 cm³/mol. The number of rotatable bonds is 9. The number of aryl methyl sites for hydroxylation is 1. The molecule has 176 valence electrons. The third-order valence-corrected chi connectivity index (χ3v) is 5.50. The molecule has 1 aliphatic heterocycles. The van der Waals surface area contributed by atoms with E-state index in [1.807, 2.05) is 25.2 Å². The minimum Gasteiger partial charge on any atom is -0.492 e. The number of benzene rings is 2. The van der Waals surface area contributed by atoms with E-state index in [0.29, 0.717) is 29.4 Å². The molecule has 9 heteroatoms. The summed E-state index contributed by atoms with van der Waals surface area (Å²) in [4.78, 5) is 14.8. The molecule has 0 atom stereocenters. The van der Waals surface area contributed by atoms with Gasteiger partial charge in [0.05, 0.1) is 24.5 Å². The summed E-state index contributed by atoms with van der Waals surface area (Å²) in [6, 6.07) is 16.3. The van der Waals surface area contributed by atoms with E-state index in [0.717, 1.165) is 44.1 Å².